The topological polar surface area (TPSA) is 38.7 Å². The van der Waals surface area contributed by atoms with E-state index < -0.39 is 11.6 Å². The molecule has 0 aliphatic rings. The summed E-state index contributed by atoms with van der Waals surface area (Å²) in [5.41, 5.74) is 4.30. The second kappa shape index (κ2) is 10.1. The number of rotatable bonds is 6. The molecule has 0 saturated heterocycles. The molecule has 0 heterocycles. The van der Waals surface area contributed by atoms with Crippen LogP contribution in [0.5, 0.6) is 0 Å². The molecule has 4 heteroatoms. The molecule has 0 spiro atoms. The van der Waals surface area contributed by atoms with E-state index in [0.29, 0.717) is 6.42 Å². The minimum atomic E-state index is -0.664. The molecule has 0 amide bonds. The zero-order valence-corrected chi connectivity index (χ0v) is 20.0. The summed E-state index contributed by atoms with van der Waals surface area (Å²) in [5.74, 6) is -0.323. The van der Waals surface area contributed by atoms with Gasteiger partial charge in [0, 0.05) is 22.0 Å². The van der Waals surface area contributed by atoms with Gasteiger partial charge in [0.25, 0.3) is 0 Å². The summed E-state index contributed by atoms with van der Waals surface area (Å²) in [6.07, 6.45) is 0.462. The Kier molecular flexibility index (Phi) is 7.45. The molecule has 0 saturated carbocycles. The van der Waals surface area contributed by atoms with Gasteiger partial charge in [-0.2, -0.15) is 0 Å². The second-order valence-corrected chi connectivity index (χ2v) is 9.34. The van der Waals surface area contributed by atoms with Crippen molar-refractivity contribution in [3.8, 4) is 0 Å². The van der Waals surface area contributed by atoms with Crippen molar-refractivity contribution in [1.29, 1.82) is 0 Å². The van der Waals surface area contributed by atoms with Crippen molar-refractivity contribution in [1.82, 2.24) is 0 Å². The lowest BCUT2D eigenvalue weighted by molar-refractivity contribution is -0.156. The molecule has 31 heavy (non-hydrogen) atoms. The van der Waals surface area contributed by atoms with Gasteiger partial charge in [-0.15, -0.1) is 0 Å². The van der Waals surface area contributed by atoms with Crippen LogP contribution in [-0.4, -0.2) is 23.3 Å². The van der Waals surface area contributed by atoms with Crippen LogP contribution in [0, 0.1) is 6.92 Å². The standard InChI is InChI=1S/C27H28BrNO2/c1-19-22(16-11-17-23(19)28)18-24(26(30)31-27(2,3)4)29-25(20-12-7-5-8-13-20)21-14-9-6-10-15-21/h5-17,24H,18H2,1-4H3/t24-/m0/s1. The van der Waals surface area contributed by atoms with Gasteiger partial charge in [-0.25, -0.2) is 4.79 Å². The predicted molar refractivity (Wildman–Crippen MR) is 131 cm³/mol. The van der Waals surface area contributed by atoms with E-state index in [-0.39, 0.29) is 5.97 Å². The van der Waals surface area contributed by atoms with Crippen molar-refractivity contribution in [3.63, 3.8) is 0 Å². The summed E-state index contributed by atoms with van der Waals surface area (Å²) < 4.78 is 6.77. The van der Waals surface area contributed by atoms with Gasteiger partial charge in [-0.05, 0) is 44.9 Å². The molecule has 3 nitrogen and oxygen atoms in total. The van der Waals surface area contributed by atoms with Crippen LogP contribution in [0.15, 0.2) is 88.3 Å². The van der Waals surface area contributed by atoms with E-state index in [4.69, 9.17) is 9.73 Å². The second-order valence-electron chi connectivity index (χ2n) is 8.49. The fourth-order valence-corrected chi connectivity index (χ4v) is 3.70. The smallest absolute Gasteiger partial charge is 0.331 e. The number of ether oxygens (including phenoxy) is 1. The minimum absolute atomic E-state index is 0.323. The van der Waals surface area contributed by atoms with Gasteiger partial charge in [-0.3, -0.25) is 4.99 Å². The first-order chi connectivity index (χ1) is 14.7. The molecule has 0 aromatic heterocycles. The van der Waals surface area contributed by atoms with E-state index in [1.165, 1.54) is 0 Å². The van der Waals surface area contributed by atoms with E-state index in [9.17, 15) is 4.79 Å². The summed E-state index contributed by atoms with van der Waals surface area (Å²) in [6.45, 7) is 7.69. The normalized spacial score (nSPS) is 12.2. The first-order valence-electron chi connectivity index (χ1n) is 10.4. The van der Waals surface area contributed by atoms with Crippen LogP contribution in [0.25, 0.3) is 0 Å². The Hall–Kier alpha value is -2.72. The number of benzene rings is 3. The largest absolute Gasteiger partial charge is 0.458 e. The van der Waals surface area contributed by atoms with E-state index in [2.05, 4.69) is 15.9 Å². The zero-order chi connectivity index (χ0) is 22.4. The highest BCUT2D eigenvalue weighted by Gasteiger charge is 2.27. The molecule has 0 aliphatic heterocycles. The number of hydrogen-bond donors (Lipinski definition) is 0. The van der Waals surface area contributed by atoms with Crippen LogP contribution in [0.4, 0.5) is 0 Å². The third-order valence-electron chi connectivity index (χ3n) is 4.85. The maximum atomic E-state index is 13.2. The van der Waals surface area contributed by atoms with Crippen LogP contribution in [0.2, 0.25) is 0 Å². The van der Waals surface area contributed by atoms with Crippen molar-refractivity contribution < 1.29 is 9.53 Å². The van der Waals surface area contributed by atoms with Crippen molar-refractivity contribution in [2.75, 3.05) is 0 Å². The molecule has 0 N–H and O–H groups in total. The first-order valence-corrected chi connectivity index (χ1v) is 11.2. The van der Waals surface area contributed by atoms with E-state index >= 15 is 0 Å². The number of carbonyl (C=O) groups excluding carboxylic acids is 1. The molecule has 3 aromatic carbocycles. The highest BCUT2D eigenvalue weighted by atomic mass is 79.9. The number of halogens is 1. The Morgan fingerprint density at radius 2 is 1.45 bits per heavy atom. The molecule has 0 radical (unpaired) electrons. The maximum absolute atomic E-state index is 13.2. The quantitative estimate of drug-likeness (QED) is 0.298. The summed E-state index contributed by atoms with van der Waals surface area (Å²) in [7, 11) is 0. The molecule has 0 aliphatic carbocycles. The van der Waals surface area contributed by atoms with Crippen LogP contribution >= 0.6 is 15.9 Å². The third kappa shape index (κ3) is 6.38. The van der Waals surface area contributed by atoms with Crippen LogP contribution in [0.3, 0.4) is 0 Å². The minimum Gasteiger partial charge on any atom is -0.458 e. The number of carbonyl (C=O) groups is 1. The average molecular weight is 478 g/mol. The van der Waals surface area contributed by atoms with Gasteiger partial charge in [-0.1, -0.05) is 88.7 Å². The van der Waals surface area contributed by atoms with Gasteiger partial charge in [0.1, 0.15) is 5.60 Å². The number of nitrogens with zero attached hydrogens (tertiary/aromatic N) is 1. The lowest BCUT2D eigenvalue weighted by Gasteiger charge is -2.23. The lowest BCUT2D eigenvalue weighted by Crippen LogP contribution is -2.33. The summed E-state index contributed by atoms with van der Waals surface area (Å²) in [4.78, 5) is 18.2. The molecule has 160 valence electrons. The van der Waals surface area contributed by atoms with Gasteiger partial charge >= 0.3 is 5.97 Å². The van der Waals surface area contributed by atoms with Crippen LogP contribution in [0.1, 0.15) is 43.0 Å². The molecule has 0 fully saturated rings. The summed E-state index contributed by atoms with van der Waals surface area (Å²) in [6, 6.07) is 25.3. The van der Waals surface area contributed by atoms with Crippen molar-refractivity contribution in [2.45, 2.75) is 45.8 Å². The first kappa shape index (κ1) is 23.0. The summed E-state index contributed by atoms with van der Waals surface area (Å²) >= 11 is 3.59. The number of esters is 1. The highest BCUT2D eigenvalue weighted by molar-refractivity contribution is 9.10. The molecule has 3 aromatic rings. The van der Waals surface area contributed by atoms with Gasteiger partial charge in [0.2, 0.25) is 0 Å². The molecule has 1 atom stereocenters. The van der Waals surface area contributed by atoms with Gasteiger partial charge in [0.15, 0.2) is 6.04 Å². The molecule has 0 unspecified atom stereocenters. The van der Waals surface area contributed by atoms with E-state index in [1.807, 2.05) is 107 Å². The van der Waals surface area contributed by atoms with E-state index in [0.717, 1.165) is 32.4 Å². The molecular weight excluding hydrogens is 450 g/mol. The van der Waals surface area contributed by atoms with Crippen molar-refractivity contribution in [2.24, 2.45) is 4.99 Å². The molecule has 3 rings (SSSR count). The Morgan fingerprint density at radius 3 is 1.97 bits per heavy atom. The Labute approximate surface area is 193 Å². The van der Waals surface area contributed by atoms with Crippen LogP contribution < -0.4 is 0 Å². The summed E-state index contributed by atoms with van der Waals surface area (Å²) in [5, 5.41) is 0. The van der Waals surface area contributed by atoms with E-state index in [1.54, 1.807) is 0 Å². The number of aliphatic imine (C=N–C) groups is 1. The maximum Gasteiger partial charge on any atom is 0.331 e. The lowest BCUT2D eigenvalue weighted by atomic mass is 9.99. The van der Waals surface area contributed by atoms with Crippen molar-refractivity contribution >= 4 is 27.6 Å². The SMILES string of the molecule is Cc1c(Br)cccc1C[C@H](N=C(c1ccccc1)c1ccccc1)C(=O)OC(C)(C)C. The highest BCUT2D eigenvalue weighted by Crippen LogP contribution is 2.23. The predicted octanol–water partition coefficient (Wildman–Crippen LogP) is 6.55. The zero-order valence-electron chi connectivity index (χ0n) is 18.4. The average Bonchev–Trinajstić information content (AvgIpc) is 2.74. The Bertz CT molecular complexity index is 1010. The molecule has 0 bridgehead atoms. The Balaban J connectivity index is 2.10. The fourth-order valence-electron chi connectivity index (χ4n) is 3.30. The Morgan fingerprint density at radius 1 is 0.903 bits per heavy atom. The monoisotopic (exact) mass is 477 g/mol. The van der Waals surface area contributed by atoms with Gasteiger partial charge in [0.05, 0.1) is 5.71 Å². The number of hydrogen-bond acceptors (Lipinski definition) is 3. The molecular formula is C27H28BrNO2. The van der Waals surface area contributed by atoms with Crippen molar-refractivity contribution in [3.05, 3.63) is 106 Å². The van der Waals surface area contributed by atoms with Crippen LogP contribution in [-0.2, 0) is 16.0 Å². The fraction of sp³-hybridized carbons (Fsp3) is 0.259. The van der Waals surface area contributed by atoms with Gasteiger partial charge < -0.3 is 4.74 Å². The third-order valence-corrected chi connectivity index (χ3v) is 5.71.